The van der Waals surface area contributed by atoms with Crippen LogP contribution in [0.4, 0.5) is 8.78 Å². The van der Waals surface area contributed by atoms with Crippen molar-refractivity contribution < 1.29 is 18.7 Å². The first kappa shape index (κ1) is 17.5. The van der Waals surface area contributed by atoms with Gasteiger partial charge < -0.3 is 16.1 Å². The van der Waals surface area contributed by atoms with Gasteiger partial charge in [0.1, 0.15) is 11.6 Å². The van der Waals surface area contributed by atoms with E-state index in [1.165, 1.54) is 24.3 Å². The molecule has 0 fully saturated rings. The van der Waals surface area contributed by atoms with E-state index in [2.05, 4.69) is 0 Å². The van der Waals surface area contributed by atoms with Crippen molar-refractivity contribution in [2.75, 3.05) is 0 Å². The first-order valence-electron chi connectivity index (χ1n) is 6.56. The van der Waals surface area contributed by atoms with Gasteiger partial charge in [0.2, 0.25) is 0 Å². The highest BCUT2D eigenvalue weighted by Gasteiger charge is 2.19. The topological polar surface area (TPSA) is 100 Å². The summed E-state index contributed by atoms with van der Waals surface area (Å²) in [5.74, 6) is -2.57. The Kier molecular flexibility index (Phi) is 4.64. The molecule has 0 spiro atoms. The minimum atomic E-state index is -1.43. The quantitative estimate of drug-likeness (QED) is 0.764. The molecule has 1 aromatic heterocycles. The molecule has 4 nitrogen and oxygen atoms in total. The zero-order valence-corrected chi connectivity index (χ0v) is 13.6. The molecule has 0 aliphatic heterocycles. The second-order valence-electron chi connectivity index (χ2n) is 4.97. The minimum Gasteiger partial charge on any atom is -0.544 e. The number of nitrogens with zero attached hydrogens (tertiary/aromatic N) is 1. The first-order valence-corrected chi connectivity index (χ1v) is 7.38. The van der Waals surface area contributed by atoms with E-state index in [1.54, 1.807) is 6.92 Å². The lowest BCUT2D eigenvalue weighted by Gasteiger charge is -2.11. The van der Waals surface area contributed by atoms with Crippen LogP contribution < -0.4 is 11.3 Å². The number of aromatic carboxylic acids is 1. The normalized spacial score (nSPS) is 10.2. The van der Waals surface area contributed by atoms with Crippen molar-refractivity contribution in [1.82, 2.24) is 6.15 Å². The minimum absolute atomic E-state index is 0. The number of carboxylic acids is 1. The molecule has 122 valence electrons. The Bertz CT molecular complexity index is 1010. The van der Waals surface area contributed by atoms with Crippen LogP contribution in [0.25, 0.3) is 21.2 Å². The van der Waals surface area contributed by atoms with Crippen LogP contribution >= 0.6 is 11.3 Å². The summed E-state index contributed by atoms with van der Waals surface area (Å²) in [6.45, 7) is 1.61. The number of hydrogen-bond donors (Lipinski definition) is 1. The zero-order valence-electron chi connectivity index (χ0n) is 12.8. The molecular weight excluding hydrogens is 334 g/mol. The van der Waals surface area contributed by atoms with Crippen molar-refractivity contribution in [3.8, 4) is 17.2 Å². The third-order valence-corrected chi connectivity index (χ3v) is 4.73. The summed E-state index contributed by atoms with van der Waals surface area (Å²) in [6, 6.07) is 8.02. The predicted molar refractivity (Wildman–Crippen MR) is 86.9 cm³/mol. The Balaban J connectivity index is 0.00000208. The Labute approximate surface area is 140 Å². The number of halogens is 2. The summed E-state index contributed by atoms with van der Waals surface area (Å²) < 4.78 is 27.6. The van der Waals surface area contributed by atoms with E-state index in [0.29, 0.717) is 21.2 Å². The number of thiophene rings is 1. The second kappa shape index (κ2) is 6.35. The highest BCUT2D eigenvalue weighted by atomic mass is 32.1. The highest BCUT2D eigenvalue weighted by Crippen LogP contribution is 2.41. The summed E-state index contributed by atoms with van der Waals surface area (Å²) in [6.07, 6.45) is 0. The average Bonchev–Trinajstić information content (AvgIpc) is 2.87. The van der Waals surface area contributed by atoms with Crippen molar-refractivity contribution in [2.24, 2.45) is 0 Å². The van der Waals surface area contributed by atoms with Crippen LogP contribution in [0.15, 0.2) is 30.3 Å². The summed E-state index contributed by atoms with van der Waals surface area (Å²) >= 11 is 0.862. The number of carbonyl (C=O) groups is 1. The van der Waals surface area contributed by atoms with Gasteiger partial charge in [-0.05, 0) is 48.4 Å². The van der Waals surface area contributed by atoms with E-state index in [-0.39, 0.29) is 22.2 Å². The Hall–Kier alpha value is -2.82. The van der Waals surface area contributed by atoms with E-state index < -0.39 is 17.6 Å². The molecule has 0 amide bonds. The standard InChI is InChI=1S/C17H9F2NO2S.H3N/c1-8-9(7-20)4-11(19)5-13(8)15-12-3-2-10(18)6-14(12)23-16(15)17(21)22;/h2-6H,1H3,(H,21,22);1H3. The third-order valence-electron chi connectivity index (χ3n) is 3.60. The molecule has 1 heterocycles. The lowest BCUT2D eigenvalue weighted by molar-refractivity contribution is -0.254. The van der Waals surface area contributed by atoms with Gasteiger partial charge in [0.25, 0.3) is 0 Å². The fourth-order valence-electron chi connectivity index (χ4n) is 2.54. The SMILES string of the molecule is Cc1c(C#N)cc(F)cc1-c1c(C(=O)[O-])sc2cc(F)ccc12.[NH4+]. The zero-order chi connectivity index (χ0) is 16.7. The fraction of sp³-hybridized carbons (Fsp3) is 0.0588. The average molecular weight is 346 g/mol. The fourth-order valence-corrected chi connectivity index (χ4v) is 3.61. The predicted octanol–water partition coefficient (Wildman–Crippen LogP) is 3.77. The third kappa shape index (κ3) is 2.73. The van der Waals surface area contributed by atoms with Crippen LogP contribution in [0.1, 0.15) is 20.8 Å². The maximum absolute atomic E-state index is 13.8. The van der Waals surface area contributed by atoms with Crippen molar-refractivity contribution in [2.45, 2.75) is 6.92 Å². The van der Waals surface area contributed by atoms with E-state index in [4.69, 9.17) is 5.26 Å². The van der Waals surface area contributed by atoms with Crippen molar-refractivity contribution in [3.63, 3.8) is 0 Å². The molecule has 24 heavy (non-hydrogen) atoms. The maximum Gasteiger partial charge on any atom is 0.125 e. The molecule has 0 unspecified atom stereocenters. The number of hydrogen-bond acceptors (Lipinski definition) is 4. The van der Waals surface area contributed by atoms with E-state index in [9.17, 15) is 18.7 Å². The summed E-state index contributed by atoms with van der Waals surface area (Å²) in [4.78, 5) is 11.3. The molecule has 0 bridgehead atoms. The smallest absolute Gasteiger partial charge is 0.125 e. The molecule has 0 radical (unpaired) electrons. The monoisotopic (exact) mass is 346 g/mol. The van der Waals surface area contributed by atoms with Crippen molar-refractivity contribution in [3.05, 3.63) is 58.0 Å². The Morgan fingerprint density at radius 1 is 1.21 bits per heavy atom. The Morgan fingerprint density at radius 2 is 1.92 bits per heavy atom. The molecule has 0 aliphatic carbocycles. The first-order chi connectivity index (χ1) is 10.9. The number of fused-ring (bicyclic) bond motifs is 1. The molecule has 7 heteroatoms. The molecule has 4 N–H and O–H groups in total. The highest BCUT2D eigenvalue weighted by molar-refractivity contribution is 7.21. The molecular formula is C17H12F2N2O2S. The number of carbonyl (C=O) groups excluding carboxylic acids is 1. The van der Waals surface area contributed by atoms with Gasteiger partial charge in [-0.15, -0.1) is 11.3 Å². The van der Waals surface area contributed by atoms with Crippen molar-refractivity contribution in [1.29, 1.82) is 5.26 Å². The summed E-state index contributed by atoms with van der Waals surface area (Å²) in [5.41, 5.74) is 1.11. The number of rotatable bonds is 2. The van der Waals surface area contributed by atoms with Gasteiger partial charge in [0, 0.05) is 15.6 Å². The largest absolute Gasteiger partial charge is 0.544 e. The molecule has 0 saturated carbocycles. The van der Waals surface area contributed by atoms with Crippen LogP contribution in [0.3, 0.4) is 0 Å². The lowest BCUT2D eigenvalue weighted by Crippen LogP contribution is -2.21. The second-order valence-corrected chi connectivity index (χ2v) is 6.02. The van der Waals surface area contributed by atoms with E-state index in [1.807, 2.05) is 6.07 Å². The van der Waals surface area contributed by atoms with Gasteiger partial charge in [-0.3, -0.25) is 0 Å². The van der Waals surface area contributed by atoms with Gasteiger partial charge in [-0.2, -0.15) is 5.26 Å². The molecule has 3 rings (SSSR count). The van der Waals surface area contributed by atoms with E-state index >= 15 is 0 Å². The van der Waals surface area contributed by atoms with Crippen LogP contribution in [-0.4, -0.2) is 5.97 Å². The number of nitriles is 1. The van der Waals surface area contributed by atoms with Crippen LogP contribution in [0.2, 0.25) is 0 Å². The van der Waals surface area contributed by atoms with E-state index in [0.717, 1.165) is 17.4 Å². The molecule has 0 saturated heterocycles. The number of quaternary nitrogens is 1. The molecule has 2 aromatic carbocycles. The van der Waals surface area contributed by atoms with Gasteiger partial charge in [-0.1, -0.05) is 0 Å². The molecule has 3 aromatic rings. The van der Waals surface area contributed by atoms with Crippen molar-refractivity contribution >= 4 is 27.4 Å². The van der Waals surface area contributed by atoms with Gasteiger partial charge in [0.15, 0.2) is 0 Å². The van der Waals surface area contributed by atoms with Crippen LogP contribution in [0.5, 0.6) is 0 Å². The Morgan fingerprint density at radius 3 is 2.54 bits per heavy atom. The van der Waals surface area contributed by atoms with Crippen LogP contribution in [-0.2, 0) is 0 Å². The van der Waals surface area contributed by atoms with Gasteiger partial charge in [0.05, 0.1) is 22.5 Å². The maximum atomic E-state index is 13.8. The molecule has 0 atom stereocenters. The lowest BCUT2D eigenvalue weighted by atomic mass is 9.94. The summed E-state index contributed by atoms with van der Waals surface area (Å²) in [5, 5.41) is 21.0. The summed E-state index contributed by atoms with van der Waals surface area (Å²) in [7, 11) is 0. The number of benzene rings is 2. The van der Waals surface area contributed by atoms with Gasteiger partial charge >= 0.3 is 0 Å². The van der Waals surface area contributed by atoms with Crippen LogP contribution in [0, 0.1) is 29.9 Å². The van der Waals surface area contributed by atoms with Gasteiger partial charge in [-0.25, -0.2) is 8.78 Å². The molecule has 0 aliphatic rings. The number of carboxylic acid groups (broad SMARTS) is 1.